The third kappa shape index (κ3) is 2.17. The van der Waals surface area contributed by atoms with Gasteiger partial charge in [-0.1, -0.05) is 76.7 Å². The van der Waals surface area contributed by atoms with E-state index in [2.05, 4.69) is 0 Å². The topological polar surface area (TPSA) is 55.8 Å². The molecule has 1 aromatic carbocycles. The molecule has 1 saturated carbocycles. The molecule has 2 amide bonds. The smallest absolute Gasteiger partial charge is 0.260 e. The van der Waals surface area contributed by atoms with Crippen molar-refractivity contribution in [2.24, 2.45) is 23.7 Å². The van der Waals surface area contributed by atoms with Crippen molar-refractivity contribution in [3.63, 3.8) is 0 Å². The summed E-state index contributed by atoms with van der Waals surface area (Å²) in [7, 11) is 0. The van der Waals surface area contributed by atoms with Gasteiger partial charge in [0.2, 0.25) is 0 Å². The number of ether oxygens (including phenoxy) is 1. The van der Waals surface area contributed by atoms with Crippen LogP contribution in [0.2, 0.25) is 0 Å². The number of hydrogen-bond acceptors (Lipinski definition) is 4. The predicted octanol–water partition coefficient (Wildman–Crippen LogP) is 4.58. The third-order valence-electron chi connectivity index (χ3n) is 7.34. The van der Waals surface area contributed by atoms with Crippen LogP contribution >= 0.6 is 69.6 Å². The zero-order valence-electron chi connectivity index (χ0n) is 15.4. The first-order valence-corrected chi connectivity index (χ1v) is 11.9. The van der Waals surface area contributed by atoms with Gasteiger partial charge >= 0.3 is 0 Å². The van der Waals surface area contributed by atoms with Gasteiger partial charge in [-0.2, -0.15) is 5.06 Å². The van der Waals surface area contributed by atoms with Crippen LogP contribution in [-0.4, -0.2) is 43.2 Å². The monoisotopic (exact) mass is 541 g/mol. The minimum Gasteiger partial charge on any atom is -0.373 e. The average molecular weight is 544 g/mol. The lowest BCUT2D eigenvalue weighted by Gasteiger charge is -2.39. The van der Waals surface area contributed by atoms with Crippen LogP contribution in [0, 0.1) is 23.7 Å². The molecule has 4 fully saturated rings. The number of rotatable bonds is 3. The molecule has 4 bridgehead atoms. The number of fused-ring (bicyclic) bond motifs is 12. The summed E-state index contributed by atoms with van der Waals surface area (Å²) >= 11 is 40.1. The Kier molecular flexibility index (Phi) is 4.43. The van der Waals surface area contributed by atoms with Gasteiger partial charge in [-0.05, 0) is 5.56 Å². The van der Waals surface area contributed by atoms with Crippen LogP contribution in [0.5, 0.6) is 0 Å². The van der Waals surface area contributed by atoms with E-state index in [1.807, 2.05) is 30.3 Å². The molecular formula is C20H13Cl6NO4. The van der Waals surface area contributed by atoms with Gasteiger partial charge in [0, 0.05) is 11.8 Å². The summed E-state index contributed by atoms with van der Waals surface area (Å²) in [5.41, 5.74) is 0.825. The Morgan fingerprint density at radius 3 is 1.84 bits per heavy atom. The highest BCUT2D eigenvalue weighted by Gasteiger charge is 2.90. The number of nitrogens with zero attached hydrogens (tertiary/aromatic N) is 1. The number of hydrogen-bond donors (Lipinski definition) is 0. The Morgan fingerprint density at radius 1 is 0.871 bits per heavy atom. The van der Waals surface area contributed by atoms with Crippen LogP contribution in [0.25, 0.3) is 0 Å². The molecule has 2 aliphatic carbocycles. The summed E-state index contributed by atoms with van der Waals surface area (Å²) in [5.74, 6) is -3.70. The van der Waals surface area contributed by atoms with E-state index >= 15 is 0 Å². The van der Waals surface area contributed by atoms with Crippen LogP contribution in [0.3, 0.4) is 0 Å². The van der Waals surface area contributed by atoms with Crippen molar-refractivity contribution in [2.75, 3.05) is 0 Å². The fourth-order valence-electron chi connectivity index (χ4n) is 6.11. The lowest BCUT2D eigenvalue weighted by Crippen LogP contribution is -2.50. The Morgan fingerprint density at radius 2 is 1.35 bits per heavy atom. The van der Waals surface area contributed by atoms with Crippen molar-refractivity contribution in [3.8, 4) is 0 Å². The van der Waals surface area contributed by atoms with Crippen molar-refractivity contribution in [2.45, 2.75) is 32.9 Å². The van der Waals surface area contributed by atoms with E-state index in [9.17, 15) is 9.59 Å². The lowest BCUT2D eigenvalue weighted by molar-refractivity contribution is -0.196. The number of imide groups is 1. The van der Waals surface area contributed by atoms with Crippen LogP contribution in [0.15, 0.2) is 40.4 Å². The van der Waals surface area contributed by atoms with Crippen molar-refractivity contribution in [3.05, 3.63) is 46.0 Å². The van der Waals surface area contributed by atoms with E-state index in [4.69, 9.17) is 79.2 Å². The summed E-state index contributed by atoms with van der Waals surface area (Å²) in [4.78, 5) is 28.9. The Bertz CT molecular complexity index is 1010. The number of alkyl halides is 4. The minimum absolute atomic E-state index is 0.0544. The summed E-state index contributed by atoms with van der Waals surface area (Å²) in [5, 5.41) is 0.943. The van der Waals surface area contributed by atoms with E-state index in [1.54, 1.807) is 0 Å². The molecule has 3 saturated heterocycles. The largest absolute Gasteiger partial charge is 0.373 e. The highest BCUT2D eigenvalue weighted by Crippen LogP contribution is 2.81. The molecule has 1 aromatic rings. The zero-order valence-corrected chi connectivity index (χ0v) is 19.9. The van der Waals surface area contributed by atoms with Crippen molar-refractivity contribution in [1.82, 2.24) is 5.06 Å². The number of amides is 2. The molecule has 8 atom stereocenters. The van der Waals surface area contributed by atoms with Crippen LogP contribution in [0.1, 0.15) is 5.56 Å². The summed E-state index contributed by atoms with van der Waals surface area (Å²) in [6.45, 7) is 0.0748. The zero-order chi connectivity index (χ0) is 22.1. The summed E-state index contributed by atoms with van der Waals surface area (Å²) < 4.78 is 4.37. The summed E-state index contributed by atoms with van der Waals surface area (Å²) in [6.07, 6.45) is -1.48. The van der Waals surface area contributed by atoms with Gasteiger partial charge in [0.05, 0.1) is 34.1 Å². The molecular weight excluding hydrogens is 531 g/mol. The molecule has 3 aliphatic heterocycles. The fraction of sp³-hybridized carbons (Fsp3) is 0.500. The Hall–Kier alpha value is -0.240. The SMILES string of the molecule is O=C1[C@@H]2[C@H]3O[C@@H]([C@@H]2C(=O)N1OCc1ccccc1)[C@@H]1[C@@H]3[C@@]2(Cl)C(Cl)=C(Cl)[C@@]1(Cl)C2(Cl)Cl. The molecule has 3 heterocycles. The first-order valence-electron chi connectivity index (χ1n) is 9.60. The predicted molar refractivity (Wildman–Crippen MR) is 116 cm³/mol. The van der Waals surface area contributed by atoms with Gasteiger partial charge < -0.3 is 4.74 Å². The molecule has 0 radical (unpaired) electrons. The molecule has 31 heavy (non-hydrogen) atoms. The van der Waals surface area contributed by atoms with Gasteiger partial charge in [-0.15, -0.1) is 23.2 Å². The molecule has 5 aliphatic rings. The van der Waals surface area contributed by atoms with Gasteiger partial charge in [0.1, 0.15) is 16.4 Å². The van der Waals surface area contributed by atoms with E-state index in [1.165, 1.54) is 0 Å². The normalized spacial score (nSPS) is 46.3. The van der Waals surface area contributed by atoms with E-state index in [-0.39, 0.29) is 16.7 Å². The molecule has 0 aromatic heterocycles. The Balaban J connectivity index is 1.35. The Labute approximate surface area is 207 Å². The maximum atomic E-state index is 13.2. The number of benzene rings is 1. The average Bonchev–Trinajstić information content (AvgIpc) is 3.44. The molecule has 0 N–H and O–H groups in total. The van der Waals surface area contributed by atoms with Gasteiger partial charge in [-0.3, -0.25) is 14.4 Å². The number of carbonyl (C=O) groups excluding carboxylic acids is 2. The number of halogens is 6. The fourth-order valence-corrected chi connectivity index (χ4v) is 9.17. The molecule has 6 rings (SSSR count). The van der Waals surface area contributed by atoms with Crippen molar-refractivity contribution >= 4 is 81.4 Å². The van der Waals surface area contributed by atoms with Gasteiger partial charge in [0.25, 0.3) is 11.8 Å². The molecule has 11 heteroatoms. The van der Waals surface area contributed by atoms with Crippen LogP contribution in [0.4, 0.5) is 0 Å². The molecule has 0 spiro atoms. The number of hydroxylamine groups is 2. The maximum absolute atomic E-state index is 13.2. The number of carbonyl (C=O) groups is 2. The molecule has 5 nitrogen and oxygen atoms in total. The van der Waals surface area contributed by atoms with Crippen LogP contribution < -0.4 is 0 Å². The lowest BCUT2D eigenvalue weighted by atomic mass is 9.65. The van der Waals surface area contributed by atoms with Gasteiger partial charge in [-0.25, -0.2) is 0 Å². The maximum Gasteiger partial charge on any atom is 0.260 e. The minimum atomic E-state index is -1.74. The molecule has 164 valence electrons. The first kappa shape index (κ1) is 21.3. The van der Waals surface area contributed by atoms with Crippen LogP contribution in [-0.2, 0) is 25.8 Å². The second kappa shape index (κ2) is 6.45. The van der Waals surface area contributed by atoms with Gasteiger partial charge in [0.15, 0.2) is 4.33 Å². The molecule has 0 unspecified atom stereocenters. The van der Waals surface area contributed by atoms with Crippen molar-refractivity contribution in [1.29, 1.82) is 0 Å². The standard InChI is InChI=1S/C20H13Cl6NO4/c21-14-15(22)19(24)11-10(18(14,23)20(19,25)26)12-8-9(13(11)31-12)17(29)27(16(8)28)30-6-7-4-2-1-3-5-7/h1-5,8-13H,6H2/t8-,9+,10-,11-,12+,13-,18+,19+/m0/s1. The van der Waals surface area contributed by atoms with E-state index < -0.39 is 61.8 Å². The highest BCUT2D eigenvalue weighted by molar-refractivity contribution is 6.65. The highest BCUT2D eigenvalue weighted by atomic mass is 35.5. The first-order chi connectivity index (χ1) is 14.6. The van der Waals surface area contributed by atoms with E-state index in [0.29, 0.717) is 0 Å². The second-order valence-electron chi connectivity index (χ2n) is 8.52. The third-order valence-corrected chi connectivity index (χ3v) is 11.6. The second-order valence-corrected chi connectivity index (χ2v) is 11.8. The summed E-state index contributed by atoms with van der Waals surface area (Å²) in [6, 6.07) is 9.23. The quantitative estimate of drug-likeness (QED) is 0.414. The van der Waals surface area contributed by atoms with Crippen molar-refractivity contribution < 1.29 is 19.2 Å². The number of allylic oxidation sites excluding steroid dienone is 2. The van der Waals surface area contributed by atoms with E-state index in [0.717, 1.165) is 10.6 Å².